The quantitative estimate of drug-likeness (QED) is 0.114. The first-order valence-electron chi connectivity index (χ1n) is 11.3. The maximum atomic E-state index is 12.6. The number of nitrogens with zero attached hydrogens (tertiary/aromatic N) is 1. The van der Waals surface area contributed by atoms with Gasteiger partial charge in [0.25, 0.3) is 5.91 Å². The van der Waals surface area contributed by atoms with Crippen LogP contribution in [0.4, 0.5) is 0 Å². The molecular formula is C29H24Br2N2O4. The van der Waals surface area contributed by atoms with Crippen LogP contribution in [0.1, 0.15) is 21.5 Å². The second-order valence-corrected chi connectivity index (χ2v) is 9.61. The summed E-state index contributed by atoms with van der Waals surface area (Å²) in [5, 5.41) is 6.43. The fourth-order valence-electron chi connectivity index (χ4n) is 3.67. The van der Waals surface area contributed by atoms with Crippen molar-refractivity contribution in [1.82, 2.24) is 5.43 Å². The Labute approximate surface area is 232 Å². The Kier molecular flexibility index (Phi) is 8.98. The first-order chi connectivity index (χ1) is 18.0. The zero-order valence-corrected chi connectivity index (χ0v) is 23.2. The van der Waals surface area contributed by atoms with E-state index in [0.29, 0.717) is 36.0 Å². The third kappa shape index (κ3) is 6.58. The molecule has 0 aliphatic rings. The largest absolute Gasteiger partial charge is 0.493 e. The molecule has 0 aliphatic heterocycles. The number of hydrogen-bond donors (Lipinski definition) is 1. The van der Waals surface area contributed by atoms with Gasteiger partial charge in [0, 0.05) is 5.56 Å². The summed E-state index contributed by atoms with van der Waals surface area (Å²) in [6.45, 7) is 4.38. The molecule has 0 aliphatic carbocycles. The van der Waals surface area contributed by atoms with E-state index in [0.717, 1.165) is 25.5 Å². The molecule has 0 saturated carbocycles. The van der Waals surface area contributed by atoms with E-state index >= 15 is 0 Å². The Morgan fingerprint density at radius 1 is 0.973 bits per heavy atom. The van der Waals surface area contributed by atoms with E-state index in [4.69, 9.17) is 14.2 Å². The molecular weight excluding hydrogens is 600 g/mol. The smallest absolute Gasteiger partial charge is 0.271 e. The molecule has 0 bridgehead atoms. The Morgan fingerprint density at radius 2 is 1.73 bits per heavy atom. The van der Waals surface area contributed by atoms with Gasteiger partial charge < -0.3 is 14.2 Å². The Hall–Kier alpha value is -3.62. The number of amides is 1. The number of carbonyl (C=O) groups is 1. The van der Waals surface area contributed by atoms with Crippen LogP contribution >= 0.6 is 31.9 Å². The summed E-state index contributed by atoms with van der Waals surface area (Å²) in [6.07, 6.45) is 3.19. The summed E-state index contributed by atoms with van der Waals surface area (Å²) < 4.78 is 18.5. The third-order valence-corrected chi connectivity index (χ3v) is 6.61. The summed E-state index contributed by atoms with van der Waals surface area (Å²) in [4.78, 5) is 12.6. The van der Waals surface area contributed by atoms with Gasteiger partial charge in [-0.1, -0.05) is 55.1 Å². The number of fused-ring (bicyclic) bond motifs is 1. The van der Waals surface area contributed by atoms with E-state index in [2.05, 4.69) is 73.2 Å². The van der Waals surface area contributed by atoms with Crippen molar-refractivity contribution in [1.29, 1.82) is 0 Å². The predicted octanol–water partition coefficient (Wildman–Crippen LogP) is 7.28. The molecule has 1 N–H and O–H groups in total. The lowest BCUT2D eigenvalue weighted by Gasteiger charge is -2.13. The van der Waals surface area contributed by atoms with Gasteiger partial charge in [-0.3, -0.25) is 4.79 Å². The number of benzene rings is 4. The van der Waals surface area contributed by atoms with Crippen molar-refractivity contribution in [2.24, 2.45) is 5.10 Å². The second kappa shape index (κ2) is 12.6. The van der Waals surface area contributed by atoms with Crippen molar-refractivity contribution < 1.29 is 19.0 Å². The molecule has 4 aromatic rings. The number of methoxy groups -OCH3 is 1. The normalized spacial score (nSPS) is 10.9. The molecule has 0 spiro atoms. The highest BCUT2D eigenvalue weighted by Gasteiger charge is 2.12. The number of hydrazone groups is 1. The lowest BCUT2D eigenvalue weighted by atomic mass is 10.1. The Balaban J connectivity index is 1.41. The Bertz CT molecular complexity index is 1440. The molecule has 0 atom stereocenters. The SMILES string of the molecule is C=CCOc1ccc(C(=O)N/N=C/c2cc(Br)c(OCc3cccc4ccccc34)c(Br)c2)cc1OC. The average molecular weight is 624 g/mol. The van der Waals surface area contributed by atoms with E-state index < -0.39 is 0 Å². The van der Waals surface area contributed by atoms with Gasteiger partial charge in [0.1, 0.15) is 19.0 Å². The molecule has 37 heavy (non-hydrogen) atoms. The summed E-state index contributed by atoms with van der Waals surface area (Å²) in [7, 11) is 1.51. The van der Waals surface area contributed by atoms with E-state index in [1.54, 1.807) is 30.5 Å². The summed E-state index contributed by atoms with van der Waals surface area (Å²) in [5.41, 5.74) is 4.79. The number of hydrogen-bond acceptors (Lipinski definition) is 5. The van der Waals surface area contributed by atoms with Crippen molar-refractivity contribution in [2.45, 2.75) is 6.61 Å². The van der Waals surface area contributed by atoms with Gasteiger partial charge in [-0.2, -0.15) is 5.10 Å². The van der Waals surface area contributed by atoms with Gasteiger partial charge in [-0.15, -0.1) is 0 Å². The lowest BCUT2D eigenvalue weighted by Crippen LogP contribution is -2.17. The topological polar surface area (TPSA) is 69.2 Å². The molecule has 188 valence electrons. The predicted molar refractivity (Wildman–Crippen MR) is 154 cm³/mol. The van der Waals surface area contributed by atoms with E-state index in [9.17, 15) is 4.79 Å². The first-order valence-corrected chi connectivity index (χ1v) is 12.9. The fourth-order valence-corrected chi connectivity index (χ4v) is 5.12. The molecule has 0 heterocycles. The van der Waals surface area contributed by atoms with Gasteiger partial charge >= 0.3 is 0 Å². The third-order valence-electron chi connectivity index (χ3n) is 5.43. The van der Waals surface area contributed by atoms with Gasteiger partial charge in [0.2, 0.25) is 0 Å². The minimum absolute atomic E-state index is 0.338. The van der Waals surface area contributed by atoms with Gasteiger partial charge in [-0.25, -0.2) is 5.43 Å². The highest BCUT2D eigenvalue weighted by molar-refractivity contribution is 9.11. The number of nitrogens with one attached hydrogen (secondary N) is 1. The minimum atomic E-state index is -0.377. The van der Waals surface area contributed by atoms with Crippen LogP contribution in [-0.2, 0) is 6.61 Å². The summed E-state index contributed by atoms with van der Waals surface area (Å²) in [5.74, 6) is 1.28. The van der Waals surface area contributed by atoms with Crippen LogP contribution in [0, 0.1) is 0 Å². The van der Waals surface area contributed by atoms with Crippen LogP contribution < -0.4 is 19.6 Å². The van der Waals surface area contributed by atoms with Crippen molar-refractivity contribution >= 4 is 54.8 Å². The van der Waals surface area contributed by atoms with Gasteiger partial charge in [0.15, 0.2) is 11.5 Å². The standard InChI is InChI=1S/C29H24Br2N2O4/c1-3-13-36-26-12-11-21(16-27(26)35-2)29(34)33-32-17-19-14-24(30)28(25(31)15-19)37-18-22-9-6-8-20-7-4-5-10-23(20)22/h3-12,14-17H,1,13,18H2,2H3,(H,33,34)/b32-17+. The van der Waals surface area contributed by atoms with Crippen LogP contribution in [0.25, 0.3) is 10.8 Å². The van der Waals surface area contributed by atoms with Crippen molar-refractivity contribution in [3.63, 3.8) is 0 Å². The van der Waals surface area contributed by atoms with Crippen LogP contribution in [0.15, 0.2) is 99.5 Å². The molecule has 1 amide bonds. The zero-order chi connectivity index (χ0) is 26.2. The number of rotatable bonds is 10. The number of carbonyl (C=O) groups excluding carboxylic acids is 1. The maximum absolute atomic E-state index is 12.6. The van der Waals surface area contributed by atoms with Crippen molar-refractivity contribution in [2.75, 3.05) is 13.7 Å². The Morgan fingerprint density at radius 3 is 2.49 bits per heavy atom. The van der Waals surface area contributed by atoms with Crippen LogP contribution in [0.2, 0.25) is 0 Å². The molecule has 0 unspecified atom stereocenters. The number of halogens is 2. The fraction of sp³-hybridized carbons (Fsp3) is 0.103. The van der Waals surface area contributed by atoms with Gasteiger partial charge in [0.05, 0.1) is 22.3 Å². The molecule has 6 nitrogen and oxygen atoms in total. The molecule has 4 rings (SSSR count). The summed E-state index contributed by atoms with van der Waals surface area (Å²) >= 11 is 7.17. The number of ether oxygens (including phenoxy) is 3. The van der Waals surface area contributed by atoms with Gasteiger partial charge in [-0.05, 0) is 84.1 Å². The van der Waals surface area contributed by atoms with Crippen LogP contribution in [0.5, 0.6) is 17.2 Å². The second-order valence-electron chi connectivity index (χ2n) is 7.91. The molecule has 0 saturated heterocycles. The molecule has 0 radical (unpaired) electrons. The molecule has 8 heteroatoms. The maximum Gasteiger partial charge on any atom is 0.271 e. The minimum Gasteiger partial charge on any atom is -0.493 e. The highest BCUT2D eigenvalue weighted by atomic mass is 79.9. The van der Waals surface area contributed by atoms with Crippen LogP contribution in [-0.4, -0.2) is 25.8 Å². The first kappa shape index (κ1) is 26.4. The van der Waals surface area contributed by atoms with E-state index in [1.165, 1.54) is 12.5 Å². The average Bonchev–Trinajstić information content (AvgIpc) is 2.91. The van der Waals surface area contributed by atoms with Crippen molar-refractivity contribution in [3.05, 3.63) is 111 Å². The molecule has 4 aromatic carbocycles. The zero-order valence-electron chi connectivity index (χ0n) is 20.0. The monoisotopic (exact) mass is 622 g/mol. The van der Waals surface area contributed by atoms with E-state index in [-0.39, 0.29) is 5.91 Å². The summed E-state index contributed by atoms with van der Waals surface area (Å²) in [6, 6.07) is 23.0. The lowest BCUT2D eigenvalue weighted by molar-refractivity contribution is 0.0954. The van der Waals surface area contributed by atoms with Crippen LogP contribution in [0.3, 0.4) is 0 Å². The van der Waals surface area contributed by atoms with Crippen molar-refractivity contribution in [3.8, 4) is 17.2 Å². The molecule has 0 fully saturated rings. The highest BCUT2D eigenvalue weighted by Crippen LogP contribution is 2.35. The van der Waals surface area contributed by atoms with E-state index in [1.807, 2.05) is 30.3 Å². The molecule has 0 aromatic heterocycles.